The lowest BCUT2D eigenvalue weighted by molar-refractivity contribution is 0.0997. The highest BCUT2D eigenvalue weighted by molar-refractivity contribution is 7.98. The van der Waals surface area contributed by atoms with Crippen molar-refractivity contribution in [3.05, 3.63) is 57.9 Å². The lowest BCUT2D eigenvalue weighted by Crippen LogP contribution is -2.16. The van der Waals surface area contributed by atoms with Crippen LogP contribution in [0.15, 0.2) is 46.3 Å². The van der Waals surface area contributed by atoms with Crippen LogP contribution in [0.1, 0.15) is 28.4 Å². The number of aromatic nitrogens is 1. The normalized spacial score (nSPS) is 12.1. The van der Waals surface area contributed by atoms with Crippen molar-refractivity contribution < 1.29 is 4.79 Å². The summed E-state index contributed by atoms with van der Waals surface area (Å²) in [6, 6.07) is 11.9. The van der Waals surface area contributed by atoms with Gasteiger partial charge in [0.05, 0.1) is 10.2 Å². The van der Waals surface area contributed by atoms with Gasteiger partial charge in [-0.15, -0.1) is 11.8 Å². The highest BCUT2D eigenvalue weighted by atomic mass is 32.2. The maximum atomic E-state index is 12.6. The zero-order chi connectivity index (χ0) is 17.3. The summed E-state index contributed by atoms with van der Waals surface area (Å²) < 4.78 is 3.35. The molecule has 0 radical (unpaired) electrons. The predicted molar refractivity (Wildman–Crippen MR) is 103 cm³/mol. The second kappa shape index (κ2) is 6.95. The molecule has 24 heavy (non-hydrogen) atoms. The average Bonchev–Trinajstić information content (AvgIpc) is 2.97. The summed E-state index contributed by atoms with van der Waals surface area (Å²) in [4.78, 5) is 18.9. The van der Waals surface area contributed by atoms with Gasteiger partial charge in [-0.3, -0.25) is 4.79 Å². The molecule has 0 spiro atoms. The third-order valence-electron chi connectivity index (χ3n) is 4.05. The van der Waals surface area contributed by atoms with Crippen LogP contribution in [0.3, 0.4) is 0 Å². The standard InChI is InChI=1S/C19H20N2OS2/c1-5-21-16-12(2)9-10-13(3)17(16)24-19(21)20-18(22)14-7-6-8-15(11-14)23-4/h6-11H,5H2,1-4H3. The Kier molecular flexibility index (Phi) is 4.92. The number of nitrogens with zero attached hydrogens (tertiary/aromatic N) is 2. The van der Waals surface area contributed by atoms with E-state index in [1.54, 1.807) is 23.1 Å². The van der Waals surface area contributed by atoms with Crippen molar-refractivity contribution in [3.8, 4) is 0 Å². The highest BCUT2D eigenvalue weighted by Gasteiger charge is 2.12. The highest BCUT2D eigenvalue weighted by Crippen LogP contribution is 2.25. The first-order valence-electron chi connectivity index (χ1n) is 7.87. The number of hydrogen-bond donors (Lipinski definition) is 0. The van der Waals surface area contributed by atoms with Crippen LogP contribution in [0.4, 0.5) is 0 Å². The fraction of sp³-hybridized carbons (Fsp3) is 0.263. The second-order valence-corrected chi connectivity index (χ2v) is 7.51. The second-order valence-electron chi connectivity index (χ2n) is 5.65. The van der Waals surface area contributed by atoms with Crippen LogP contribution in [0.5, 0.6) is 0 Å². The van der Waals surface area contributed by atoms with E-state index in [1.165, 1.54) is 21.3 Å². The molecule has 1 aromatic heterocycles. The van der Waals surface area contributed by atoms with Crippen LogP contribution in [0.25, 0.3) is 10.2 Å². The van der Waals surface area contributed by atoms with Crippen molar-refractivity contribution in [1.29, 1.82) is 0 Å². The Labute approximate surface area is 150 Å². The maximum Gasteiger partial charge on any atom is 0.279 e. The van der Waals surface area contributed by atoms with E-state index in [0.29, 0.717) is 5.56 Å². The number of thiazole rings is 1. The van der Waals surface area contributed by atoms with E-state index in [2.05, 4.69) is 42.5 Å². The number of carbonyl (C=O) groups is 1. The molecule has 1 amide bonds. The van der Waals surface area contributed by atoms with Crippen molar-refractivity contribution in [1.82, 2.24) is 4.57 Å². The van der Waals surface area contributed by atoms with Gasteiger partial charge >= 0.3 is 0 Å². The Morgan fingerprint density at radius 2 is 1.96 bits per heavy atom. The van der Waals surface area contributed by atoms with Gasteiger partial charge in [0.25, 0.3) is 5.91 Å². The predicted octanol–water partition coefficient (Wildman–Crippen LogP) is 4.80. The first-order chi connectivity index (χ1) is 11.5. The van der Waals surface area contributed by atoms with Gasteiger partial charge in [0.15, 0.2) is 4.80 Å². The Morgan fingerprint density at radius 3 is 2.67 bits per heavy atom. The summed E-state index contributed by atoms with van der Waals surface area (Å²) in [5.41, 5.74) is 4.26. The molecule has 0 saturated carbocycles. The Balaban J connectivity index is 2.18. The largest absolute Gasteiger partial charge is 0.316 e. The number of aryl methyl sites for hydroxylation is 3. The van der Waals surface area contributed by atoms with E-state index in [9.17, 15) is 4.79 Å². The molecule has 124 valence electrons. The average molecular weight is 357 g/mol. The molecule has 0 atom stereocenters. The fourth-order valence-corrected chi connectivity index (χ4v) is 4.46. The van der Waals surface area contributed by atoms with Crippen LogP contribution in [-0.4, -0.2) is 16.7 Å². The molecule has 0 fully saturated rings. The van der Waals surface area contributed by atoms with Crippen LogP contribution in [-0.2, 0) is 6.54 Å². The van der Waals surface area contributed by atoms with Crippen molar-refractivity contribution >= 4 is 39.2 Å². The van der Waals surface area contributed by atoms with Gasteiger partial charge in [-0.2, -0.15) is 4.99 Å². The number of thioether (sulfide) groups is 1. The van der Waals surface area contributed by atoms with E-state index < -0.39 is 0 Å². The number of fused-ring (bicyclic) bond motifs is 1. The molecule has 1 heterocycles. The number of carbonyl (C=O) groups excluding carboxylic acids is 1. The van der Waals surface area contributed by atoms with Gasteiger partial charge < -0.3 is 4.57 Å². The van der Waals surface area contributed by atoms with Gasteiger partial charge in [-0.05, 0) is 56.4 Å². The molecular formula is C19H20N2OS2. The zero-order valence-corrected chi connectivity index (χ0v) is 15.9. The Bertz CT molecular complexity index is 983. The summed E-state index contributed by atoms with van der Waals surface area (Å²) in [6.07, 6.45) is 2.00. The Hall–Kier alpha value is -1.85. The van der Waals surface area contributed by atoms with E-state index in [4.69, 9.17) is 0 Å². The lowest BCUT2D eigenvalue weighted by Gasteiger charge is -2.04. The van der Waals surface area contributed by atoms with E-state index in [1.807, 2.05) is 30.5 Å². The molecule has 2 aromatic carbocycles. The molecule has 0 saturated heterocycles. The van der Waals surface area contributed by atoms with Gasteiger partial charge in [-0.25, -0.2) is 0 Å². The summed E-state index contributed by atoms with van der Waals surface area (Å²) in [6.45, 7) is 7.09. The van der Waals surface area contributed by atoms with Crippen molar-refractivity contribution in [2.24, 2.45) is 4.99 Å². The lowest BCUT2D eigenvalue weighted by atomic mass is 10.1. The quantitative estimate of drug-likeness (QED) is 0.632. The van der Waals surface area contributed by atoms with Crippen LogP contribution >= 0.6 is 23.1 Å². The SMILES string of the molecule is CCn1c(=NC(=O)c2cccc(SC)c2)sc2c(C)ccc(C)c21. The minimum absolute atomic E-state index is 0.185. The van der Waals surface area contributed by atoms with Crippen molar-refractivity contribution in [3.63, 3.8) is 0 Å². The molecule has 0 bridgehead atoms. The topological polar surface area (TPSA) is 34.4 Å². The van der Waals surface area contributed by atoms with Crippen LogP contribution < -0.4 is 4.80 Å². The van der Waals surface area contributed by atoms with Crippen molar-refractivity contribution in [2.75, 3.05) is 6.26 Å². The van der Waals surface area contributed by atoms with Crippen LogP contribution in [0, 0.1) is 13.8 Å². The summed E-state index contributed by atoms with van der Waals surface area (Å²) in [7, 11) is 0. The minimum atomic E-state index is -0.185. The molecular weight excluding hydrogens is 336 g/mol. The molecule has 5 heteroatoms. The van der Waals surface area contributed by atoms with E-state index in [0.717, 1.165) is 16.2 Å². The molecule has 0 aliphatic heterocycles. The summed E-state index contributed by atoms with van der Waals surface area (Å²) >= 11 is 3.22. The van der Waals surface area contributed by atoms with Crippen molar-refractivity contribution in [2.45, 2.75) is 32.2 Å². The molecule has 3 aromatic rings. The zero-order valence-electron chi connectivity index (χ0n) is 14.3. The van der Waals surface area contributed by atoms with Gasteiger partial charge in [-0.1, -0.05) is 29.5 Å². The number of hydrogen-bond acceptors (Lipinski definition) is 3. The first-order valence-corrected chi connectivity index (χ1v) is 9.92. The fourth-order valence-electron chi connectivity index (χ4n) is 2.76. The third-order valence-corrected chi connectivity index (χ3v) is 5.99. The monoisotopic (exact) mass is 356 g/mol. The third kappa shape index (κ3) is 3.06. The molecule has 0 aliphatic rings. The van der Waals surface area contributed by atoms with E-state index >= 15 is 0 Å². The first kappa shape index (κ1) is 17.0. The summed E-state index contributed by atoms with van der Waals surface area (Å²) in [5.74, 6) is -0.185. The smallest absolute Gasteiger partial charge is 0.279 e. The van der Waals surface area contributed by atoms with E-state index in [-0.39, 0.29) is 5.91 Å². The van der Waals surface area contributed by atoms with Crippen LogP contribution in [0.2, 0.25) is 0 Å². The number of rotatable bonds is 3. The maximum absolute atomic E-state index is 12.6. The molecule has 0 unspecified atom stereocenters. The number of amides is 1. The Morgan fingerprint density at radius 1 is 1.21 bits per heavy atom. The summed E-state index contributed by atoms with van der Waals surface area (Å²) in [5, 5.41) is 0. The minimum Gasteiger partial charge on any atom is -0.316 e. The molecule has 3 rings (SSSR count). The van der Waals surface area contributed by atoms with Gasteiger partial charge in [0.1, 0.15) is 0 Å². The van der Waals surface area contributed by atoms with Gasteiger partial charge in [0, 0.05) is 17.0 Å². The number of benzene rings is 2. The van der Waals surface area contributed by atoms with Gasteiger partial charge in [0.2, 0.25) is 0 Å². The molecule has 0 aliphatic carbocycles. The molecule has 3 nitrogen and oxygen atoms in total. The molecule has 0 N–H and O–H groups in total.